The first-order valence-corrected chi connectivity index (χ1v) is 4.35. The molecule has 0 fully saturated rings. The second-order valence-electron chi connectivity index (χ2n) is 1.91. The van der Waals surface area contributed by atoms with Crippen LogP contribution < -0.4 is 11.1 Å². The molecule has 0 saturated carbocycles. The Kier molecular flexibility index (Phi) is 2.53. The second-order valence-corrected chi connectivity index (χ2v) is 2.69. The summed E-state index contributed by atoms with van der Waals surface area (Å²) in [5.74, 6) is 1.25. The molecule has 1 rings (SSSR count). The van der Waals surface area contributed by atoms with E-state index in [0.29, 0.717) is 11.0 Å². The summed E-state index contributed by atoms with van der Waals surface area (Å²) in [4.78, 5) is 8.12. The first-order chi connectivity index (χ1) is 5.26. The van der Waals surface area contributed by atoms with E-state index < -0.39 is 0 Å². The highest BCUT2D eigenvalue weighted by Crippen LogP contribution is 2.14. The lowest BCUT2D eigenvalue weighted by Crippen LogP contribution is -1.99. The molecule has 0 aliphatic carbocycles. The Bertz CT molecular complexity index is 228. The van der Waals surface area contributed by atoms with E-state index in [1.54, 1.807) is 13.1 Å². The van der Waals surface area contributed by atoms with E-state index in [4.69, 9.17) is 5.73 Å². The molecule has 1 heterocycles. The normalized spacial score (nSPS) is 9.64. The van der Waals surface area contributed by atoms with E-state index >= 15 is 0 Å². The summed E-state index contributed by atoms with van der Waals surface area (Å²) < 4.78 is 0. The molecule has 0 spiro atoms. The molecule has 5 heteroatoms. The largest absolute Gasteiger partial charge is 0.383 e. The van der Waals surface area contributed by atoms with Crippen LogP contribution in [0.25, 0.3) is 0 Å². The number of hydrogen-bond donors (Lipinski definition) is 2. The zero-order valence-electron chi connectivity index (χ0n) is 6.46. The van der Waals surface area contributed by atoms with Gasteiger partial charge in [0.1, 0.15) is 11.6 Å². The molecule has 0 amide bonds. The summed E-state index contributed by atoms with van der Waals surface area (Å²) in [7, 11) is 1.80. The van der Waals surface area contributed by atoms with Gasteiger partial charge in [-0.3, -0.25) is 0 Å². The summed E-state index contributed by atoms with van der Waals surface area (Å²) in [6.07, 6.45) is 1.91. The molecule has 0 radical (unpaired) electrons. The quantitative estimate of drug-likeness (QED) is 0.508. The Balaban J connectivity index is 3.02. The molecule has 0 unspecified atom stereocenters. The molecule has 0 aromatic carbocycles. The molecule has 0 aliphatic rings. The fourth-order valence-corrected chi connectivity index (χ4v) is 1.05. The van der Waals surface area contributed by atoms with Gasteiger partial charge in [0, 0.05) is 13.1 Å². The third-order valence-corrected chi connectivity index (χ3v) is 1.71. The molecule has 3 N–H and O–H groups in total. The molecule has 0 aliphatic heterocycles. The van der Waals surface area contributed by atoms with Gasteiger partial charge in [0.15, 0.2) is 5.16 Å². The Labute approximate surface area is 69.6 Å². The van der Waals surface area contributed by atoms with Crippen LogP contribution in [-0.2, 0) is 0 Å². The van der Waals surface area contributed by atoms with Crippen LogP contribution in [0, 0.1) is 0 Å². The molecule has 4 nitrogen and oxygen atoms in total. The van der Waals surface area contributed by atoms with E-state index in [1.807, 2.05) is 6.26 Å². The van der Waals surface area contributed by atoms with Gasteiger partial charge in [0.2, 0.25) is 0 Å². The fourth-order valence-electron chi connectivity index (χ4n) is 0.662. The number of nitrogen functional groups attached to an aromatic ring is 1. The van der Waals surface area contributed by atoms with Gasteiger partial charge >= 0.3 is 0 Å². The van der Waals surface area contributed by atoms with E-state index in [1.165, 1.54) is 11.8 Å². The van der Waals surface area contributed by atoms with Gasteiger partial charge < -0.3 is 11.1 Å². The summed E-state index contributed by atoms with van der Waals surface area (Å²) in [5.41, 5.74) is 5.51. The van der Waals surface area contributed by atoms with Crippen LogP contribution in [0.4, 0.5) is 11.6 Å². The molecule has 11 heavy (non-hydrogen) atoms. The lowest BCUT2D eigenvalue weighted by Gasteiger charge is -2.01. The molecule has 0 bridgehead atoms. The lowest BCUT2D eigenvalue weighted by atomic mass is 10.5. The van der Waals surface area contributed by atoms with E-state index in [-0.39, 0.29) is 0 Å². The van der Waals surface area contributed by atoms with Gasteiger partial charge in [0.05, 0.1) is 0 Å². The maximum atomic E-state index is 5.51. The number of nitrogens with zero attached hydrogens (tertiary/aromatic N) is 2. The number of rotatable bonds is 2. The van der Waals surface area contributed by atoms with Crippen molar-refractivity contribution in [3.05, 3.63) is 6.07 Å². The van der Waals surface area contributed by atoms with Crippen molar-refractivity contribution >= 4 is 23.4 Å². The first-order valence-electron chi connectivity index (χ1n) is 3.12. The monoisotopic (exact) mass is 170 g/mol. The minimum atomic E-state index is 0.494. The van der Waals surface area contributed by atoms with Crippen molar-refractivity contribution < 1.29 is 0 Å². The standard InChI is InChI=1S/C6H10N4S/c1-8-5-3-4(7)9-6(10-5)11-2/h3H,1-2H3,(H3,7,8,9,10). The second kappa shape index (κ2) is 3.43. The van der Waals surface area contributed by atoms with E-state index in [9.17, 15) is 0 Å². The van der Waals surface area contributed by atoms with Gasteiger partial charge in [0.25, 0.3) is 0 Å². The zero-order chi connectivity index (χ0) is 8.27. The first kappa shape index (κ1) is 8.13. The van der Waals surface area contributed by atoms with Crippen molar-refractivity contribution in [2.45, 2.75) is 5.16 Å². The Morgan fingerprint density at radius 2 is 2.27 bits per heavy atom. The third kappa shape index (κ3) is 1.98. The predicted octanol–water partition coefficient (Wildman–Crippen LogP) is 0.822. The van der Waals surface area contributed by atoms with E-state index in [2.05, 4.69) is 15.3 Å². The van der Waals surface area contributed by atoms with Crippen LogP contribution in [0.15, 0.2) is 11.2 Å². The number of anilines is 2. The van der Waals surface area contributed by atoms with Crippen molar-refractivity contribution in [3.8, 4) is 0 Å². The molecular formula is C6H10N4S. The summed E-state index contributed by atoms with van der Waals surface area (Å²) in [6, 6.07) is 1.69. The number of nitrogens with one attached hydrogen (secondary N) is 1. The number of nitrogens with two attached hydrogens (primary N) is 1. The highest BCUT2D eigenvalue weighted by Gasteiger charge is 1.98. The fraction of sp³-hybridized carbons (Fsp3) is 0.333. The van der Waals surface area contributed by atoms with Crippen LogP contribution in [0.5, 0.6) is 0 Å². The number of hydrogen-bond acceptors (Lipinski definition) is 5. The lowest BCUT2D eigenvalue weighted by molar-refractivity contribution is 0.981. The average Bonchev–Trinajstić information content (AvgIpc) is 2.03. The smallest absolute Gasteiger partial charge is 0.191 e. The molecule has 0 saturated heterocycles. The van der Waals surface area contributed by atoms with Crippen LogP contribution in [0.2, 0.25) is 0 Å². The zero-order valence-corrected chi connectivity index (χ0v) is 7.27. The van der Waals surface area contributed by atoms with Gasteiger partial charge in [-0.05, 0) is 6.26 Å². The molecule has 60 valence electrons. The predicted molar refractivity (Wildman–Crippen MR) is 47.8 cm³/mol. The van der Waals surface area contributed by atoms with Gasteiger partial charge in [-0.15, -0.1) is 0 Å². The van der Waals surface area contributed by atoms with Crippen molar-refractivity contribution in [1.82, 2.24) is 9.97 Å². The van der Waals surface area contributed by atoms with Crippen LogP contribution in [-0.4, -0.2) is 23.3 Å². The Morgan fingerprint density at radius 3 is 2.82 bits per heavy atom. The number of thioether (sulfide) groups is 1. The summed E-state index contributed by atoms with van der Waals surface area (Å²) >= 11 is 1.47. The highest BCUT2D eigenvalue weighted by molar-refractivity contribution is 7.98. The Morgan fingerprint density at radius 1 is 1.55 bits per heavy atom. The number of aromatic nitrogens is 2. The third-order valence-electron chi connectivity index (χ3n) is 1.16. The van der Waals surface area contributed by atoms with Gasteiger partial charge in [-0.1, -0.05) is 11.8 Å². The van der Waals surface area contributed by atoms with Crippen LogP contribution in [0.1, 0.15) is 0 Å². The maximum Gasteiger partial charge on any atom is 0.191 e. The van der Waals surface area contributed by atoms with Crippen molar-refractivity contribution in [1.29, 1.82) is 0 Å². The van der Waals surface area contributed by atoms with Crippen LogP contribution in [0.3, 0.4) is 0 Å². The SMILES string of the molecule is CNc1cc(N)nc(SC)n1. The minimum Gasteiger partial charge on any atom is -0.383 e. The molecular weight excluding hydrogens is 160 g/mol. The maximum absolute atomic E-state index is 5.51. The average molecular weight is 170 g/mol. The van der Waals surface area contributed by atoms with Crippen molar-refractivity contribution in [2.75, 3.05) is 24.4 Å². The minimum absolute atomic E-state index is 0.494. The molecule has 0 atom stereocenters. The van der Waals surface area contributed by atoms with E-state index in [0.717, 1.165) is 5.82 Å². The summed E-state index contributed by atoms with van der Waals surface area (Å²) in [5, 5.41) is 3.59. The highest BCUT2D eigenvalue weighted by atomic mass is 32.2. The van der Waals surface area contributed by atoms with Crippen LogP contribution >= 0.6 is 11.8 Å². The summed E-state index contributed by atoms with van der Waals surface area (Å²) in [6.45, 7) is 0. The Hall–Kier alpha value is -0.970. The molecule has 1 aromatic rings. The molecule has 1 aromatic heterocycles. The topological polar surface area (TPSA) is 63.8 Å². The van der Waals surface area contributed by atoms with Crippen molar-refractivity contribution in [2.24, 2.45) is 0 Å². The van der Waals surface area contributed by atoms with Gasteiger partial charge in [-0.2, -0.15) is 0 Å². The van der Waals surface area contributed by atoms with Gasteiger partial charge in [-0.25, -0.2) is 9.97 Å². The van der Waals surface area contributed by atoms with Crippen molar-refractivity contribution in [3.63, 3.8) is 0 Å².